The zero-order valence-corrected chi connectivity index (χ0v) is 16.4. The molecule has 1 aliphatic heterocycles. The van der Waals surface area contributed by atoms with Crippen LogP contribution in [0.1, 0.15) is 26.4 Å². The summed E-state index contributed by atoms with van der Waals surface area (Å²) in [5.41, 5.74) is 5.15. The van der Waals surface area contributed by atoms with Gasteiger partial charge in [0.2, 0.25) is 0 Å². The van der Waals surface area contributed by atoms with Gasteiger partial charge in [0.15, 0.2) is 0 Å². The van der Waals surface area contributed by atoms with Crippen molar-refractivity contribution in [1.29, 1.82) is 0 Å². The Labute approximate surface area is 161 Å². The van der Waals surface area contributed by atoms with Crippen molar-refractivity contribution in [3.05, 3.63) is 69.1 Å². The second-order valence-corrected chi connectivity index (χ2v) is 7.99. The maximum atomic E-state index is 13.1. The molecular weight excluding hydrogens is 366 g/mol. The van der Waals surface area contributed by atoms with Gasteiger partial charge >= 0.3 is 0 Å². The van der Waals surface area contributed by atoms with E-state index in [1.807, 2.05) is 43.3 Å². The van der Waals surface area contributed by atoms with Crippen LogP contribution in [0.2, 0.25) is 5.02 Å². The predicted octanol–water partition coefficient (Wildman–Crippen LogP) is 5.85. The van der Waals surface area contributed by atoms with E-state index in [1.165, 1.54) is 11.3 Å². The number of amides is 1. The Morgan fingerprint density at radius 3 is 2.77 bits per heavy atom. The largest absolute Gasteiger partial charge is 0.488 e. The molecule has 0 radical (unpaired) electrons. The number of fused-ring (bicyclic) bond motifs is 3. The first-order valence-corrected chi connectivity index (χ1v) is 9.55. The molecule has 132 valence electrons. The lowest BCUT2D eigenvalue weighted by Gasteiger charge is -2.19. The summed E-state index contributed by atoms with van der Waals surface area (Å²) in [7, 11) is 1.79. The lowest BCUT2D eigenvalue weighted by Crippen LogP contribution is -2.26. The molecule has 0 saturated heterocycles. The maximum Gasteiger partial charge on any atom is 0.268 e. The zero-order chi connectivity index (χ0) is 18.4. The molecule has 5 heteroatoms. The number of hydrogen-bond acceptors (Lipinski definition) is 3. The Balaban J connectivity index is 1.73. The fourth-order valence-corrected chi connectivity index (χ4v) is 4.70. The van der Waals surface area contributed by atoms with E-state index in [0.29, 0.717) is 16.5 Å². The Morgan fingerprint density at radius 2 is 1.96 bits per heavy atom. The van der Waals surface area contributed by atoms with E-state index >= 15 is 0 Å². The minimum atomic E-state index is -0.0371. The van der Waals surface area contributed by atoms with Gasteiger partial charge in [0.05, 0.1) is 4.88 Å². The Hall–Kier alpha value is -2.30. The molecule has 0 bridgehead atoms. The molecule has 1 aliphatic rings. The molecule has 3 nitrogen and oxygen atoms in total. The topological polar surface area (TPSA) is 29.5 Å². The van der Waals surface area contributed by atoms with Gasteiger partial charge in [-0.25, -0.2) is 0 Å². The monoisotopic (exact) mass is 383 g/mol. The Morgan fingerprint density at radius 1 is 1.15 bits per heavy atom. The van der Waals surface area contributed by atoms with Crippen LogP contribution < -0.4 is 9.64 Å². The summed E-state index contributed by atoms with van der Waals surface area (Å²) in [6.45, 7) is 4.54. The van der Waals surface area contributed by atoms with Crippen molar-refractivity contribution in [2.45, 2.75) is 20.5 Å². The molecule has 0 spiro atoms. The van der Waals surface area contributed by atoms with Gasteiger partial charge in [-0.2, -0.15) is 0 Å². The Bertz CT molecular complexity index is 1020. The average Bonchev–Trinajstić information content (AvgIpc) is 3.07. The fourth-order valence-electron chi connectivity index (χ4n) is 3.28. The highest BCUT2D eigenvalue weighted by molar-refractivity contribution is 7.17. The minimum absolute atomic E-state index is 0.0371. The van der Waals surface area contributed by atoms with Crippen LogP contribution in [-0.2, 0) is 6.61 Å². The molecule has 0 unspecified atom stereocenters. The molecule has 3 aromatic rings. The summed E-state index contributed by atoms with van der Waals surface area (Å²) in [5, 5.41) is 0.619. The molecule has 0 atom stereocenters. The predicted molar refractivity (Wildman–Crippen MR) is 108 cm³/mol. The van der Waals surface area contributed by atoms with Crippen LogP contribution in [0.25, 0.3) is 10.4 Å². The molecule has 1 amide bonds. The van der Waals surface area contributed by atoms with Crippen LogP contribution in [0.3, 0.4) is 0 Å². The standard InChI is InChI=1S/C21H18ClNO2S/c1-12-7-8-15(22)10-16(12)23(3)21(24)18-9-14-11-25-17-6-4-5-13(2)19(17)20(14)26-18/h4-10H,11H2,1-3H3. The molecule has 2 aromatic carbocycles. The molecule has 0 aliphatic carbocycles. The van der Waals surface area contributed by atoms with Gasteiger partial charge in [-0.15, -0.1) is 11.3 Å². The number of aryl methyl sites for hydroxylation is 2. The zero-order valence-electron chi connectivity index (χ0n) is 14.8. The van der Waals surface area contributed by atoms with Gasteiger partial charge in [-0.1, -0.05) is 29.8 Å². The normalized spacial score (nSPS) is 12.2. The van der Waals surface area contributed by atoms with E-state index in [9.17, 15) is 4.79 Å². The molecule has 26 heavy (non-hydrogen) atoms. The van der Waals surface area contributed by atoms with Crippen molar-refractivity contribution >= 4 is 34.5 Å². The van der Waals surface area contributed by atoms with Gasteiger partial charge in [0, 0.05) is 33.8 Å². The minimum Gasteiger partial charge on any atom is -0.488 e. The molecule has 0 saturated carbocycles. The molecule has 0 fully saturated rings. The third kappa shape index (κ3) is 2.79. The molecular formula is C21H18ClNO2S. The van der Waals surface area contributed by atoms with E-state index in [1.54, 1.807) is 11.9 Å². The highest BCUT2D eigenvalue weighted by Crippen LogP contribution is 2.44. The second-order valence-electron chi connectivity index (χ2n) is 6.50. The van der Waals surface area contributed by atoms with Crippen molar-refractivity contribution in [2.24, 2.45) is 0 Å². The number of nitrogens with zero attached hydrogens (tertiary/aromatic N) is 1. The third-order valence-electron chi connectivity index (χ3n) is 4.70. The van der Waals surface area contributed by atoms with Crippen molar-refractivity contribution in [1.82, 2.24) is 0 Å². The number of anilines is 1. The smallest absolute Gasteiger partial charge is 0.268 e. The van der Waals surface area contributed by atoms with Crippen molar-refractivity contribution < 1.29 is 9.53 Å². The maximum absolute atomic E-state index is 13.1. The number of ether oxygens (including phenoxy) is 1. The number of halogens is 1. The molecule has 0 N–H and O–H groups in total. The van der Waals surface area contributed by atoms with Crippen molar-refractivity contribution in [3.8, 4) is 16.2 Å². The van der Waals surface area contributed by atoms with Crippen molar-refractivity contribution in [2.75, 3.05) is 11.9 Å². The lowest BCUT2D eigenvalue weighted by atomic mass is 10.0. The average molecular weight is 384 g/mol. The highest BCUT2D eigenvalue weighted by atomic mass is 35.5. The molecule has 1 aromatic heterocycles. The lowest BCUT2D eigenvalue weighted by molar-refractivity contribution is 0.0996. The SMILES string of the molecule is Cc1ccc(Cl)cc1N(C)C(=O)c1cc2c(s1)-c1c(C)cccc1OC2. The number of thiophene rings is 1. The summed E-state index contributed by atoms with van der Waals surface area (Å²) in [5.74, 6) is 0.849. The summed E-state index contributed by atoms with van der Waals surface area (Å²) in [6.07, 6.45) is 0. The van der Waals surface area contributed by atoms with Crippen LogP contribution in [0.5, 0.6) is 5.75 Å². The van der Waals surface area contributed by atoms with Gasteiger partial charge in [-0.05, 0) is 49.2 Å². The summed E-state index contributed by atoms with van der Waals surface area (Å²) in [4.78, 5) is 16.6. The first-order chi connectivity index (χ1) is 12.5. The number of rotatable bonds is 2. The highest BCUT2D eigenvalue weighted by Gasteiger charge is 2.25. The summed E-state index contributed by atoms with van der Waals surface area (Å²) in [6, 6.07) is 13.6. The molecule has 4 rings (SSSR count). The van der Waals surface area contributed by atoms with Gasteiger partial charge in [0.1, 0.15) is 12.4 Å². The van der Waals surface area contributed by atoms with Gasteiger partial charge < -0.3 is 9.64 Å². The number of hydrogen-bond donors (Lipinski definition) is 0. The third-order valence-corrected chi connectivity index (χ3v) is 6.12. The first-order valence-electron chi connectivity index (χ1n) is 8.35. The van der Waals surface area contributed by atoms with Crippen LogP contribution >= 0.6 is 22.9 Å². The van der Waals surface area contributed by atoms with E-state index < -0.39 is 0 Å². The quantitative estimate of drug-likeness (QED) is 0.555. The summed E-state index contributed by atoms with van der Waals surface area (Å²) < 4.78 is 5.87. The number of carbonyl (C=O) groups excluding carboxylic acids is 1. The van der Waals surface area contributed by atoms with Gasteiger partial charge in [0.25, 0.3) is 5.91 Å². The van der Waals surface area contributed by atoms with Crippen LogP contribution in [0.15, 0.2) is 42.5 Å². The van der Waals surface area contributed by atoms with Crippen LogP contribution in [0, 0.1) is 13.8 Å². The second kappa shape index (κ2) is 6.45. The van der Waals surface area contributed by atoms with E-state index in [4.69, 9.17) is 16.3 Å². The van der Waals surface area contributed by atoms with Crippen molar-refractivity contribution in [3.63, 3.8) is 0 Å². The van der Waals surface area contributed by atoms with Crippen LogP contribution in [0.4, 0.5) is 5.69 Å². The number of carbonyl (C=O) groups is 1. The van der Waals surface area contributed by atoms with Gasteiger partial charge in [-0.3, -0.25) is 4.79 Å². The van der Waals surface area contributed by atoms with Crippen LogP contribution in [-0.4, -0.2) is 13.0 Å². The van der Waals surface area contributed by atoms with E-state index in [2.05, 4.69) is 13.0 Å². The molecule has 2 heterocycles. The van der Waals surface area contributed by atoms with E-state index in [-0.39, 0.29) is 5.91 Å². The number of benzene rings is 2. The first kappa shape index (κ1) is 17.1. The van der Waals surface area contributed by atoms with E-state index in [0.717, 1.165) is 38.6 Å². The fraction of sp³-hybridized carbons (Fsp3) is 0.190. The Kier molecular flexibility index (Phi) is 4.25. The summed E-state index contributed by atoms with van der Waals surface area (Å²) >= 11 is 7.64.